The summed E-state index contributed by atoms with van der Waals surface area (Å²) in [4.78, 5) is 45.5. The Morgan fingerprint density at radius 1 is 1.08 bits per heavy atom. The molecule has 1 aromatic carbocycles. The number of benzene rings is 1. The summed E-state index contributed by atoms with van der Waals surface area (Å²) >= 11 is 0. The highest BCUT2D eigenvalue weighted by Gasteiger charge is 2.28. The normalized spacial score (nSPS) is 14.1. The fourth-order valence-corrected chi connectivity index (χ4v) is 2.45. The topological polar surface area (TPSA) is 129 Å². The molecular weight excluding hydrogens is 328 g/mol. The van der Waals surface area contributed by atoms with Crippen LogP contribution in [0, 0.1) is 6.92 Å². The van der Waals surface area contributed by atoms with Crippen molar-refractivity contribution in [3.05, 3.63) is 52.8 Å². The van der Waals surface area contributed by atoms with Gasteiger partial charge in [0.1, 0.15) is 17.1 Å². The Kier molecular flexibility index (Phi) is 3.94. The van der Waals surface area contributed by atoms with E-state index < -0.39 is 23.8 Å². The number of furan rings is 1. The van der Waals surface area contributed by atoms with Gasteiger partial charge in [0.05, 0.1) is 5.97 Å². The molecule has 0 saturated carbocycles. The average molecular weight is 339 g/mol. The molecule has 2 heterocycles. The van der Waals surface area contributed by atoms with Gasteiger partial charge in [-0.25, -0.2) is 4.79 Å². The summed E-state index contributed by atoms with van der Waals surface area (Å²) < 4.78 is 5.58. The largest absolute Gasteiger partial charge is 0.545 e. The van der Waals surface area contributed by atoms with Crippen molar-refractivity contribution in [2.45, 2.75) is 6.92 Å². The number of barbiturate groups is 1. The molecule has 0 radical (unpaired) electrons. The van der Waals surface area contributed by atoms with Crippen LogP contribution in [-0.2, 0) is 9.59 Å². The molecule has 1 aliphatic heterocycles. The number of carbonyl (C=O) groups is 4. The zero-order valence-electron chi connectivity index (χ0n) is 12.9. The van der Waals surface area contributed by atoms with E-state index in [0.717, 1.165) is 0 Å². The van der Waals surface area contributed by atoms with Gasteiger partial charge in [-0.1, -0.05) is 18.2 Å². The van der Waals surface area contributed by atoms with Gasteiger partial charge in [-0.2, -0.15) is 0 Å². The molecule has 3 rings (SSSR count). The van der Waals surface area contributed by atoms with Crippen molar-refractivity contribution in [1.29, 1.82) is 0 Å². The van der Waals surface area contributed by atoms with Crippen LogP contribution in [-0.4, -0.2) is 23.8 Å². The number of urea groups is 1. The van der Waals surface area contributed by atoms with E-state index in [4.69, 9.17) is 4.42 Å². The third-order valence-corrected chi connectivity index (χ3v) is 3.68. The summed E-state index contributed by atoms with van der Waals surface area (Å²) in [5, 5.41) is 15.0. The fraction of sp³-hybridized carbons (Fsp3) is 0.0588. The molecule has 126 valence electrons. The highest BCUT2D eigenvalue weighted by Crippen LogP contribution is 2.28. The van der Waals surface area contributed by atoms with Crippen molar-refractivity contribution < 1.29 is 28.7 Å². The van der Waals surface area contributed by atoms with Crippen molar-refractivity contribution in [2.75, 3.05) is 0 Å². The fourth-order valence-electron chi connectivity index (χ4n) is 2.45. The summed E-state index contributed by atoms with van der Waals surface area (Å²) in [5.74, 6) is -2.40. The summed E-state index contributed by atoms with van der Waals surface area (Å²) in [6.45, 7) is 1.62. The number of carbonyl (C=O) groups excluding carboxylic acids is 4. The number of aromatic carboxylic acids is 1. The highest BCUT2D eigenvalue weighted by molar-refractivity contribution is 6.31. The van der Waals surface area contributed by atoms with Gasteiger partial charge in [-0.15, -0.1) is 0 Å². The predicted octanol–water partition coefficient (Wildman–Crippen LogP) is 0.368. The zero-order chi connectivity index (χ0) is 18.1. The zero-order valence-corrected chi connectivity index (χ0v) is 12.9. The van der Waals surface area contributed by atoms with Crippen LogP contribution < -0.4 is 15.7 Å². The lowest BCUT2D eigenvalue weighted by Gasteiger charge is -2.13. The van der Waals surface area contributed by atoms with E-state index in [9.17, 15) is 24.3 Å². The second kappa shape index (κ2) is 6.08. The first-order chi connectivity index (χ1) is 11.9. The maximum absolute atomic E-state index is 11.7. The molecule has 4 amide bonds. The minimum Gasteiger partial charge on any atom is -0.545 e. The number of carboxylic acids is 1. The Balaban J connectivity index is 1.96. The SMILES string of the molecule is Cc1c(C(=O)[O-])cccc1-c1ccc(C=C2C(=O)NC(=O)NC2=O)o1. The van der Waals surface area contributed by atoms with Gasteiger partial charge in [0.15, 0.2) is 0 Å². The maximum atomic E-state index is 11.7. The van der Waals surface area contributed by atoms with Gasteiger partial charge < -0.3 is 14.3 Å². The molecule has 1 aliphatic rings. The average Bonchev–Trinajstić information content (AvgIpc) is 2.99. The molecule has 8 nitrogen and oxygen atoms in total. The van der Waals surface area contributed by atoms with Crippen LogP contribution in [0.4, 0.5) is 4.79 Å². The minimum atomic E-state index is -1.30. The number of rotatable bonds is 3. The summed E-state index contributed by atoms with van der Waals surface area (Å²) in [7, 11) is 0. The first kappa shape index (κ1) is 16.2. The van der Waals surface area contributed by atoms with E-state index >= 15 is 0 Å². The van der Waals surface area contributed by atoms with Crippen molar-refractivity contribution >= 4 is 29.9 Å². The molecule has 1 fully saturated rings. The van der Waals surface area contributed by atoms with Gasteiger partial charge >= 0.3 is 6.03 Å². The quantitative estimate of drug-likeness (QED) is 0.614. The molecule has 0 aliphatic carbocycles. The smallest absolute Gasteiger partial charge is 0.328 e. The Labute approximate surface area is 141 Å². The van der Waals surface area contributed by atoms with Crippen LogP contribution in [0.2, 0.25) is 0 Å². The Morgan fingerprint density at radius 3 is 2.40 bits per heavy atom. The van der Waals surface area contributed by atoms with Gasteiger partial charge in [-0.05, 0) is 30.7 Å². The van der Waals surface area contributed by atoms with Gasteiger partial charge in [-0.3, -0.25) is 20.2 Å². The minimum absolute atomic E-state index is 0.0401. The highest BCUT2D eigenvalue weighted by atomic mass is 16.4. The van der Waals surface area contributed by atoms with Crippen molar-refractivity contribution in [1.82, 2.24) is 10.6 Å². The first-order valence-electron chi connectivity index (χ1n) is 7.16. The standard InChI is InChI=1S/C17H12N2O6/c1-8-10(3-2-4-11(8)16(22)23)13-6-5-9(25-13)7-12-14(20)18-17(24)19-15(12)21/h2-7H,1H3,(H,22,23)(H2,18,19,20,21,24)/p-1. The maximum Gasteiger partial charge on any atom is 0.328 e. The van der Waals surface area contributed by atoms with E-state index in [2.05, 4.69) is 0 Å². The number of amides is 4. The van der Waals surface area contributed by atoms with Crippen LogP contribution in [0.15, 0.2) is 40.3 Å². The molecule has 1 saturated heterocycles. The molecule has 0 atom stereocenters. The van der Waals surface area contributed by atoms with Crippen molar-refractivity contribution in [3.8, 4) is 11.3 Å². The molecule has 25 heavy (non-hydrogen) atoms. The van der Waals surface area contributed by atoms with Crippen LogP contribution in [0.1, 0.15) is 21.7 Å². The van der Waals surface area contributed by atoms with Crippen LogP contribution >= 0.6 is 0 Å². The number of nitrogens with one attached hydrogen (secondary N) is 2. The van der Waals surface area contributed by atoms with E-state index in [1.54, 1.807) is 25.1 Å². The number of carboxylic acid groups (broad SMARTS) is 1. The molecule has 2 N–H and O–H groups in total. The number of imide groups is 2. The Morgan fingerprint density at radius 2 is 1.76 bits per heavy atom. The van der Waals surface area contributed by atoms with Gasteiger partial charge in [0.25, 0.3) is 11.8 Å². The summed E-state index contributed by atoms with van der Waals surface area (Å²) in [6.07, 6.45) is 1.19. The van der Waals surface area contributed by atoms with Crippen LogP contribution in [0.3, 0.4) is 0 Å². The lowest BCUT2D eigenvalue weighted by atomic mass is 10.0. The molecule has 0 unspecified atom stereocenters. The number of hydrogen-bond donors (Lipinski definition) is 2. The molecule has 1 aromatic heterocycles. The lowest BCUT2D eigenvalue weighted by molar-refractivity contribution is -0.255. The molecule has 8 heteroatoms. The van der Waals surface area contributed by atoms with Crippen molar-refractivity contribution in [2.24, 2.45) is 0 Å². The van der Waals surface area contributed by atoms with E-state index in [0.29, 0.717) is 16.9 Å². The Bertz CT molecular complexity index is 932. The molecular formula is C17H11N2O6-. The third-order valence-electron chi connectivity index (χ3n) is 3.68. The first-order valence-corrected chi connectivity index (χ1v) is 7.16. The molecule has 2 aromatic rings. The second-order valence-corrected chi connectivity index (χ2v) is 5.26. The Hall–Kier alpha value is -3.68. The van der Waals surface area contributed by atoms with Gasteiger partial charge in [0.2, 0.25) is 0 Å². The monoisotopic (exact) mass is 339 g/mol. The van der Waals surface area contributed by atoms with Crippen LogP contribution in [0.5, 0.6) is 0 Å². The summed E-state index contributed by atoms with van der Waals surface area (Å²) in [6, 6.07) is 6.87. The molecule has 0 spiro atoms. The van der Waals surface area contributed by atoms with E-state index in [1.807, 2.05) is 10.6 Å². The molecule has 0 bridgehead atoms. The van der Waals surface area contributed by atoms with E-state index in [1.165, 1.54) is 18.2 Å². The van der Waals surface area contributed by atoms with Crippen LogP contribution in [0.25, 0.3) is 17.4 Å². The second-order valence-electron chi connectivity index (χ2n) is 5.26. The van der Waals surface area contributed by atoms with Gasteiger partial charge in [0, 0.05) is 11.1 Å². The number of hydrogen-bond acceptors (Lipinski definition) is 6. The predicted molar refractivity (Wildman–Crippen MR) is 82.9 cm³/mol. The lowest BCUT2D eigenvalue weighted by Crippen LogP contribution is -2.51. The third kappa shape index (κ3) is 3.05. The van der Waals surface area contributed by atoms with Crippen molar-refractivity contribution in [3.63, 3.8) is 0 Å². The van der Waals surface area contributed by atoms with E-state index in [-0.39, 0.29) is 16.9 Å². The summed E-state index contributed by atoms with van der Waals surface area (Å²) in [5.41, 5.74) is 0.771.